The molecule has 0 atom stereocenters. The van der Waals surface area contributed by atoms with Crippen LogP contribution in [0.4, 0.5) is 11.8 Å². The van der Waals surface area contributed by atoms with Crippen LogP contribution < -0.4 is 10.2 Å². The van der Waals surface area contributed by atoms with E-state index in [2.05, 4.69) is 31.5 Å². The number of carbonyl (C=O) groups excluding carboxylic acids is 1. The van der Waals surface area contributed by atoms with E-state index in [0.29, 0.717) is 29.2 Å². The number of nitrogens with zero attached hydrogens (tertiary/aromatic N) is 5. The number of aromatic nitrogens is 4. The molecule has 4 rings (SSSR count). The normalized spacial score (nSPS) is 14.0. The SMILES string of the molecule is Cc1cccc(-n2c(SCC(=O)Nc3ccc(Cl)cn3)nnc2N2CCOCC2)c1. The number of rotatable bonds is 6. The number of pyridine rings is 1. The second kappa shape index (κ2) is 9.46. The lowest BCUT2D eigenvalue weighted by molar-refractivity contribution is -0.113. The van der Waals surface area contributed by atoms with E-state index in [1.165, 1.54) is 18.0 Å². The highest BCUT2D eigenvalue weighted by Crippen LogP contribution is 2.27. The predicted octanol–water partition coefficient (Wildman–Crippen LogP) is 3.19. The zero-order chi connectivity index (χ0) is 20.9. The molecule has 1 fully saturated rings. The Morgan fingerprint density at radius 3 is 2.80 bits per heavy atom. The minimum Gasteiger partial charge on any atom is -0.378 e. The number of anilines is 2. The largest absolute Gasteiger partial charge is 0.378 e. The highest BCUT2D eigenvalue weighted by Gasteiger charge is 2.22. The number of hydrogen-bond acceptors (Lipinski definition) is 7. The molecule has 0 unspecified atom stereocenters. The van der Waals surface area contributed by atoms with Gasteiger partial charge in [-0.05, 0) is 36.8 Å². The number of benzene rings is 1. The molecule has 156 valence electrons. The van der Waals surface area contributed by atoms with Crippen molar-refractivity contribution in [2.75, 3.05) is 42.3 Å². The third kappa shape index (κ3) is 4.92. The number of halogens is 1. The lowest BCUT2D eigenvalue weighted by Gasteiger charge is -2.28. The molecule has 3 aromatic rings. The molecule has 1 aliphatic rings. The Kier molecular flexibility index (Phi) is 6.51. The predicted molar refractivity (Wildman–Crippen MR) is 118 cm³/mol. The number of amides is 1. The molecule has 1 aromatic carbocycles. The van der Waals surface area contributed by atoms with E-state index in [1.54, 1.807) is 12.1 Å². The van der Waals surface area contributed by atoms with Gasteiger partial charge in [0.25, 0.3) is 0 Å². The zero-order valence-electron chi connectivity index (χ0n) is 16.4. The van der Waals surface area contributed by atoms with Gasteiger partial charge in [-0.3, -0.25) is 9.36 Å². The number of thioether (sulfide) groups is 1. The van der Waals surface area contributed by atoms with Gasteiger partial charge in [-0.2, -0.15) is 0 Å². The molecule has 0 saturated carbocycles. The Hall–Kier alpha value is -2.62. The first kappa shape index (κ1) is 20.6. The average Bonchev–Trinajstić information content (AvgIpc) is 3.19. The van der Waals surface area contributed by atoms with Gasteiger partial charge in [0.05, 0.1) is 29.7 Å². The Balaban J connectivity index is 1.54. The maximum absolute atomic E-state index is 12.4. The van der Waals surface area contributed by atoms with Gasteiger partial charge in [-0.1, -0.05) is 35.5 Å². The Morgan fingerprint density at radius 1 is 1.23 bits per heavy atom. The van der Waals surface area contributed by atoms with Crippen LogP contribution in [-0.2, 0) is 9.53 Å². The van der Waals surface area contributed by atoms with E-state index in [-0.39, 0.29) is 11.7 Å². The summed E-state index contributed by atoms with van der Waals surface area (Å²) < 4.78 is 7.46. The second-order valence-electron chi connectivity index (χ2n) is 6.75. The van der Waals surface area contributed by atoms with E-state index < -0.39 is 0 Å². The van der Waals surface area contributed by atoms with E-state index in [9.17, 15) is 4.79 Å². The smallest absolute Gasteiger partial charge is 0.236 e. The summed E-state index contributed by atoms with van der Waals surface area (Å²) >= 11 is 7.16. The summed E-state index contributed by atoms with van der Waals surface area (Å²) in [4.78, 5) is 18.6. The lowest BCUT2D eigenvalue weighted by Crippen LogP contribution is -2.37. The fourth-order valence-corrected chi connectivity index (χ4v) is 3.93. The first-order valence-electron chi connectivity index (χ1n) is 9.49. The Morgan fingerprint density at radius 2 is 2.07 bits per heavy atom. The first-order valence-corrected chi connectivity index (χ1v) is 10.9. The molecule has 0 spiro atoms. The number of nitrogens with one attached hydrogen (secondary N) is 1. The third-order valence-corrected chi connectivity index (χ3v) is 5.65. The Bertz CT molecular complexity index is 1020. The molecular weight excluding hydrogens is 424 g/mol. The summed E-state index contributed by atoms with van der Waals surface area (Å²) in [6.07, 6.45) is 1.49. The molecule has 10 heteroatoms. The summed E-state index contributed by atoms with van der Waals surface area (Å²) in [7, 11) is 0. The van der Waals surface area contributed by atoms with Crippen LogP contribution in [0.2, 0.25) is 5.02 Å². The van der Waals surface area contributed by atoms with Crippen molar-refractivity contribution in [2.45, 2.75) is 12.1 Å². The van der Waals surface area contributed by atoms with Crippen molar-refractivity contribution in [3.63, 3.8) is 0 Å². The van der Waals surface area contributed by atoms with Gasteiger partial charge in [0.15, 0.2) is 5.16 Å². The van der Waals surface area contributed by atoms with E-state index >= 15 is 0 Å². The fraction of sp³-hybridized carbons (Fsp3) is 0.300. The highest BCUT2D eigenvalue weighted by molar-refractivity contribution is 7.99. The minimum atomic E-state index is -0.179. The third-order valence-electron chi connectivity index (χ3n) is 4.50. The molecule has 2 aromatic heterocycles. The molecule has 1 saturated heterocycles. The van der Waals surface area contributed by atoms with Crippen LogP contribution >= 0.6 is 23.4 Å². The summed E-state index contributed by atoms with van der Waals surface area (Å²) in [6, 6.07) is 11.5. The summed E-state index contributed by atoms with van der Waals surface area (Å²) in [5.41, 5.74) is 2.10. The lowest BCUT2D eigenvalue weighted by atomic mass is 10.2. The maximum Gasteiger partial charge on any atom is 0.236 e. The number of ether oxygens (including phenoxy) is 1. The monoisotopic (exact) mass is 444 g/mol. The van der Waals surface area contributed by atoms with Gasteiger partial charge in [-0.15, -0.1) is 10.2 Å². The second-order valence-corrected chi connectivity index (χ2v) is 8.13. The standard InChI is InChI=1S/C20H21ClN6O2S/c1-14-3-2-4-16(11-14)27-19(26-7-9-29-10-8-26)24-25-20(27)30-13-18(28)23-17-6-5-15(21)12-22-17/h2-6,11-12H,7-10,13H2,1H3,(H,22,23,28). The topological polar surface area (TPSA) is 85.2 Å². The molecule has 0 bridgehead atoms. The van der Waals surface area contributed by atoms with Crippen molar-refractivity contribution >= 4 is 41.0 Å². The van der Waals surface area contributed by atoms with Crippen molar-refractivity contribution in [1.29, 1.82) is 0 Å². The molecule has 1 amide bonds. The fourth-order valence-electron chi connectivity index (χ4n) is 3.08. The number of carbonyl (C=O) groups is 1. The van der Waals surface area contributed by atoms with Crippen molar-refractivity contribution in [3.8, 4) is 5.69 Å². The molecule has 1 N–H and O–H groups in total. The van der Waals surface area contributed by atoms with Crippen LogP contribution in [0.15, 0.2) is 47.8 Å². The molecule has 0 aliphatic carbocycles. The number of hydrogen-bond donors (Lipinski definition) is 1. The minimum absolute atomic E-state index is 0.178. The van der Waals surface area contributed by atoms with Crippen molar-refractivity contribution < 1.29 is 9.53 Å². The molecular formula is C20H21ClN6O2S. The average molecular weight is 445 g/mol. The molecule has 3 heterocycles. The number of morpholine rings is 1. The quantitative estimate of drug-likeness (QED) is 0.584. The molecule has 0 radical (unpaired) electrons. The van der Waals surface area contributed by atoms with E-state index in [0.717, 1.165) is 30.3 Å². The van der Waals surface area contributed by atoms with Gasteiger partial charge < -0.3 is 15.0 Å². The van der Waals surface area contributed by atoms with E-state index in [4.69, 9.17) is 16.3 Å². The summed E-state index contributed by atoms with van der Waals surface area (Å²) in [5, 5.41) is 12.7. The van der Waals surface area contributed by atoms with Crippen LogP contribution in [0.25, 0.3) is 5.69 Å². The van der Waals surface area contributed by atoms with Gasteiger partial charge in [-0.25, -0.2) is 4.98 Å². The van der Waals surface area contributed by atoms with Crippen LogP contribution in [0.1, 0.15) is 5.56 Å². The summed E-state index contributed by atoms with van der Waals surface area (Å²) in [6.45, 7) is 4.84. The molecule has 8 nitrogen and oxygen atoms in total. The van der Waals surface area contributed by atoms with Crippen LogP contribution in [0.5, 0.6) is 0 Å². The highest BCUT2D eigenvalue weighted by atomic mass is 35.5. The van der Waals surface area contributed by atoms with Crippen molar-refractivity contribution in [1.82, 2.24) is 19.7 Å². The molecule has 1 aliphatic heterocycles. The van der Waals surface area contributed by atoms with Gasteiger partial charge in [0, 0.05) is 19.3 Å². The summed E-state index contributed by atoms with van der Waals surface area (Å²) in [5.74, 6) is 1.21. The van der Waals surface area contributed by atoms with Gasteiger partial charge >= 0.3 is 0 Å². The Labute approximate surface area is 183 Å². The van der Waals surface area contributed by atoms with Crippen molar-refractivity contribution in [3.05, 3.63) is 53.2 Å². The van der Waals surface area contributed by atoms with Gasteiger partial charge in [0.1, 0.15) is 5.82 Å². The maximum atomic E-state index is 12.4. The first-order chi connectivity index (χ1) is 14.6. The van der Waals surface area contributed by atoms with Gasteiger partial charge in [0.2, 0.25) is 11.9 Å². The molecule has 30 heavy (non-hydrogen) atoms. The van der Waals surface area contributed by atoms with Crippen molar-refractivity contribution in [2.24, 2.45) is 0 Å². The zero-order valence-corrected chi connectivity index (χ0v) is 18.0. The number of aryl methyl sites for hydroxylation is 1. The van der Waals surface area contributed by atoms with E-state index in [1.807, 2.05) is 29.7 Å². The van der Waals surface area contributed by atoms with Crippen LogP contribution in [0.3, 0.4) is 0 Å². The van der Waals surface area contributed by atoms with Crippen LogP contribution in [-0.4, -0.2) is 57.7 Å². The van der Waals surface area contributed by atoms with Crippen LogP contribution in [0, 0.1) is 6.92 Å².